The molecule has 0 aliphatic carbocycles. The van der Waals surface area contributed by atoms with Crippen LogP contribution in [-0.2, 0) is 20.1 Å². The van der Waals surface area contributed by atoms with E-state index in [0.29, 0.717) is 6.54 Å². The third-order valence-corrected chi connectivity index (χ3v) is 3.50. The van der Waals surface area contributed by atoms with Crippen LogP contribution in [0.2, 0.25) is 0 Å². The third kappa shape index (κ3) is 2.75. The topological polar surface area (TPSA) is 61.8 Å². The second-order valence-corrected chi connectivity index (χ2v) is 5.31. The van der Waals surface area contributed by atoms with E-state index in [-0.39, 0.29) is 0 Å². The molecule has 3 rings (SSSR count). The molecule has 0 unspecified atom stereocenters. The highest BCUT2D eigenvalue weighted by molar-refractivity contribution is 5.74. The van der Waals surface area contributed by atoms with Crippen molar-refractivity contribution in [2.75, 3.05) is 19.0 Å². The van der Waals surface area contributed by atoms with Gasteiger partial charge in [-0.1, -0.05) is 12.1 Å². The van der Waals surface area contributed by atoms with Gasteiger partial charge >= 0.3 is 0 Å². The number of benzene rings is 1. The Morgan fingerprint density at radius 2 is 2.05 bits per heavy atom. The normalized spacial score (nSPS) is 11.2. The van der Waals surface area contributed by atoms with E-state index in [4.69, 9.17) is 0 Å². The van der Waals surface area contributed by atoms with Gasteiger partial charge in [0.15, 0.2) is 0 Å². The molecule has 0 amide bonds. The molecule has 0 aliphatic heterocycles. The average Bonchev–Trinajstić information content (AvgIpc) is 3.02. The summed E-state index contributed by atoms with van der Waals surface area (Å²) in [6.07, 6.45) is 1.90. The van der Waals surface area contributed by atoms with Crippen molar-refractivity contribution in [3.05, 3.63) is 42.0 Å². The Morgan fingerprint density at radius 1 is 1.24 bits per heavy atom. The maximum absolute atomic E-state index is 4.55. The van der Waals surface area contributed by atoms with Gasteiger partial charge in [-0.3, -0.25) is 0 Å². The number of nitrogens with one attached hydrogen (secondary N) is 2. The summed E-state index contributed by atoms with van der Waals surface area (Å²) in [6.45, 7) is 1.46. The van der Waals surface area contributed by atoms with Gasteiger partial charge in [0.25, 0.3) is 0 Å². The predicted molar refractivity (Wildman–Crippen MR) is 84.2 cm³/mol. The molecule has 6 nitrogen and oxygen atoms in total. The van der Waals surface area contributed by atoms with Gasteiger partial charge in [0, 0.05) is 27.7 Å². The van der Waals surface area contributed by atoms with Gasteiger partial charge < -0.3 is 19.8 Å². The first-order valence-corrected chi connectivity index (χ1v) is 6.97. The molecule has 21 heavy (non-hydrogen) atoms. The fourth-order valence-corrected chi connectivity index (χ4v) is 2.41. The molecule has 0 atom stereocenters. The molecule has 1 aromatic carbocycles. The smallest absolute Gasteiger partial charge is 0.204 e. The molecular formula is C15H20N6. The maximum Gasteiger partial charge on any atom is 0.204 e. The average molecular weight is 284 g/mol. The molecule has 0 aliphatic rings. The summed E-state index contributed by atoms with van der Waals surface area (Å²) in [6, 6.07) is 8.06. The molecule has 3 aromatic rings. The summed E-state index contributed by atoms with van der Waals surface area (Å²) in [5.74, 6) is 1.90. The number of aromatic nitrogens is 4. The van der Waals surface area contributed by atoms with E-state index in [1.54, 1.807) is 0 Å². The number of hydrogen-bond acceptors (Lipinski definition) is 4. The summed E-state index contributed by atoms with van der Waals surface area (Å²) in [7, 11) is 6.02. The van der Waals surface area contributed by atoms with Crippen LogP contribution in [0.1, 0.15) is 11.5 Å². The SMILES string of the molecule is CN(C)c1ncc(CNCc2nc3ccccc3[nH]2)n1C. The number of imidazole rings is 2. The van der Waals surface area contributed by atoms with Crippen LogP contribution in [0.5, 0.6) is 0 Å². The highest BCUT2D eigenvalue weighted by Crippen LogP contribution is 2.12. The van der Waals surface area contributed by atoms with Crippen molar-refractivity contribution in [1.29, 1.82) is 0 Å². The second-order valence-electron chi connectivity index (χ2n) is 5.31. The minimum absolute atomic E-state index is 0.706. The van der Waals surface area contributed by atoms with Gasteiger partial charge in [-0.15, -0.1) is 0 Å². The molecule has 0 saturated heterocycles. The number of anilines is 1. The van der Waals surface area contributed by atoms with E-state index in [1.165, 1.54) is 0 Å². The summed E-state index contributed by atoms with van der Waals surface area (Å²) >= 11 is 0. The lowest BCUT2D eigenvalue weighted by molar-refractivity contribution is 0.638. The van der Waals surface area contributed by atoms with Crippen LogP contribution in [-0.4, -0.2) is 33.6 Å². The van der Waals surface area contributed by atoms with Crippen LogP contribution in [0.15, 0.2) is 30.5 Å². The third-order valence-electron chi connectivity index (χ3n) is 3.50. The van der Waals surface area contributed by atoms with Crippen LogP contribution in [0, 0.1) is 0 Å². The number of aromatic amines is 1. The fraction of sp³-hybridized carbons (Fsp3) is 0.333. The maximum atomic E-state index is 4.55. The first-order valence-electron chi connectivity index (χ1n) is 6.97. The van der Waals surface area contributed by atoms with Crippen molar-refractivity contribution in [1.82, 2.24) is 24.8 Å². The van der Waals surface area contributed by atoms with Crippen LogP contribution in [0.3, 0.4) is 0 Å². The van der Waals surface area contributed by atoms with Gasteiger partial charge in [0.2, 0.25) is 5.95 Å². The molecule has 6 heteroatoms. The summed E-state index contributed by atoms with van der Waals surface area (Å²) in [4.78, 5) is 14.3. The molecular weight excluding hydrogens is 264 g/mol. The van der Waals surface area contributed by atoms with Crippen LogP contribution >= 0.6 is 0 Å². The van der Waals surface area contributed by atoms with Gasteiger partial charge in [-0.25, -0.2) is 9.97 Å². The van der Waals surface area contributed by atoms with Gasteiger partial charge in [-0.05, 0) is 12.1 Å². The number of rotatable bonds is 5. The van der Waals surface area contributed by atoms with Gasteiger partial charge in [0.05, 0.1) is 29.5 Å². The largest absolute Gasteiger partial charge is 0.348 e. The zero-order valence-electron chi connectivity index (χ0n) is 12.6. The van der Waals surface area contributed by atoms with E-state index in [2.05, 4.69) is 24.8 Å². The predicted octanol–water partition coefficient (Wildman–Crippen LogP) is 1.65. The summed E-state index contributed by atoms with van der Waals surface area (Å²) < 4.78 is 2.09. The zero-order chi connectivity index (χ0) is 14.8. The van der Waals surface area contributed by atoms with Crippen LogP contribution in [0.25, 0.3) is 11.0 Å². The molecule has 0 spiro atoms. The van der Waals surface area contributed by atoms with Crippen molar-refractivity contribution in [2.24, 2.45) is 7.05 Å². The van der Waals surface area contributed by atoms with Crippen molar-refractivity contribution < 1.29 is 0 Å². The minimum Gasteiger partial charge on any atom is -0.348 e. The Morgan fingerprint density at radius 3 is 2.76 bits per heavy atom. The molecule has 0 saturated carbocycles. The molecule has 2 heterocycles. The highest BCUT2D eigenvalue weighted by Gasteiger charge is 2.08. The second kappa shape index (κ2) is 5.57. The lowest BCUT2D eigenvalue weighted by atomic mass is 10.3. The Kier molecular flexibility index (Phi) is 3.62. The Bertz CT molecular complexity index is 707. The van der Waals surface area contributed by atoms with E-state index in [9.17, 15) is 0 Å². The molecule has 0 fully saturated rings. The lowest BCUT2D eigenvalue weighted by Gasteiger charge is -2.12. The van der Waals surface area contributed by atoms with E-state index in [0.717, 1.165) is 35.0 Å². The fourth-order valence-electron chi connectivity index (χ4n) is 2.41. The van der Waals surface area contributed by atoms with Gasteiger partial charge in [-0.2, -0.15) is 0 Å². The van der Waals surface area contributed by atoms with E-state index >= 15 is 0 Å². The first-order chi connectivity index (χ1) is 10.1. The summed E-state index contributed by atoms with van der Waals surface area (Å²) in [5, 5.41) is 3.40. The quantitative estimate of drug-likeness (QED) is 0.748. The van der Waals surface area contributed by atoms with Crippen molar-refractivity contribution >= 4 is 17.0 Å². The molecule has 0 bridgehead atoms. The van der Waals surface area contributed by atoms with Crippen LogP contribution < -0.4 is 10.2 Å². The number of nitrogens with zero attached hydrogens (tertiary/aromatic N) is 4. The Hall–Kier alpha value is -2.34. The molecule has 2 aromatic heterocycles. The zero-order valence-corrected chi connectivity index (χ0v) is 12.6. The molecule has 2 N–H and O–H groups in total. The summed E-state index contributed by atoms with van der Waals surface area (Å²) in [5.41, 5.74) is 3.23. The number of hydrogen-bond donors (Lipinski definition) is 2. The van der Waals surface area contributed by atoms with Crippen molar-refractivity contribution in [3.63, 3.8) is 0 Å². The van der Waals surface area contributed by atoms with E-state index < -0.39 is 0 Å². The van der Waals surface area contributed by atoms with Crippen LogP contribution in [0.4, 0.5) is 5.95 Å². The monoisotopic (exact) mass is 284 g/mol. The Balaban J connectivity index is 1.63. The van der Waals surface area contributed by atoms with Crippen molar-refractivity contribution in [3.8, 4) is 0 Å². The standard InChI is InChI=1S/C15H20N6/c1-20(2)15-17-9-11(21(15)3)8-16-10-14-18-12-6-4-5-7-13(12)19-14/h4-7,9,16H,8,10H2,1-3H3,(H,18,19). The number of H-pyrrole nitrogens is 1. The number of para-hydroxylation sites is 2. The highest BCUT2D eigenvalue weighted by atomic mass is 15.3. The van der Waals surface area contributed by atoms with E-state index in [1.807, 2.05) is 56.5 Å². The first kappa shape index (κ1) is 13.6. The lowest BCUT2D eigenvalue weighted by Crippen LogP contribution is -2.18. The molecule has 110 valence electrons. The van der Waals surface area contributed by atoms with Gasteiger partial charge in [0.1, 0.15) is 5.82 Å². The Labute approximate surface area is 123 Å². The molecule has 0 radical (unpaired) electrons. The minimum atomic E-state index is 0.706. The van der Waals surface area contributed by atoms with Crippen molar-refractivity contribution in [2.45, 2.75) is 13.1 Å². The number of fused-ring (bicyclic) bond motifs is 1.